The molecule has 0 aliphatic heterocycles. The third-order valence-corrected chi connectivity index (χ3v) is 11.0. The predicted molar refractivity (Wildman–Crippen MR) is 115 cm³/mol. The highest BCUT2D eigenvalue weighted by atomic mass is 28.4. The first-order chi connectivity index (χ1) is 12.5. The van der Waals surface area contributed by atoms with Crippen molar-refractivity contribution in [3.05, 3.63) is 34.9 Å². The fourth-order valence-electron chi connectivity index (χ4n) is 3.55. The number of aryl methyl sites for hydroxylation is 2. The van der Waals surface area contributed by atoms with Crippen LogP contribution in [0.25, 0.3) is 0 Å². The van der Waals surface area contributed by atoms with Crippen molar-refractivity contribution in [2.45, 2.75) is 90.3 Å². The third kappa shape index (κ3) is 5.45. The van der Waals surface area contributed by atoms with Gasteiger partial charge in [0, 0.05) is 18.4 Å². The first kappa shape index (κ1) is 22.2. The number of esters is 1. The molecule has 27 heavy (non-hydrogen) atoms. The van der Waals surface area contributed by atoms with E-state index >= 15 is 0 Å². The van der Waals surface area contributed by atoms with Crippen molar-refractivity contribution in [3.63, 3.8) is 0 Å². The SMILES string of the molecule is CCOC(=O)CCc1ccc2c(c1)C(C)(CO[Si](C)(C)C(C)(C)C)CCC2. The highest BCUT2D eigenvalue weighted by molar-refractivity contribution is 6.74. The van der Waals surface area contributed by atoms with Crippen LogP contribution in [0.4, 0.5) is 0 Å². The van der Waals surface area contributed by atoms with Gasteiger partial charge in [-0.2, -0.15) is 0 Å². The van der Waals surface area contributed by atoms with Gasteiger partial charge >= 0.3 is 5.97 Å². The zero-order valence-corrected chi connectivity index (χ0v) is 19.4. The Morgan fingerprint density at radius 3 is 2.59 bits per heavy atom. The summed E-state index contributed by atoms with van der Waals surface area (Å²) in [5.74, 6) is -0.112. The average Bonchev–Trinajstić information content (AvgIpc) is 2.58. The summed E-state index contributed by atoms with van der Waals surface area (Å²) in [5, 5.41) is 0.225. The molecule has 1 unspecified atom stereocenters. The molecule has 0 saturated carbocycles. The van der Waals surface area contributed by atoms with Crippen molar-refractivity contribution in [2.75, 3.05) is 13.2 Å². The molecule has 1 aliphatic carbocycles. The molecule has 0 heterocycles. The summed E-state index contributed by atoms with van der Waals surface area (Å²) in [5.41, 5.74) is 4.15. The van der Waals surface area contributed by atoms with Gasteiger partial charge in [0.05, 0.1) is 6.61 Å². The fraction of sp³-hybridized carbons (Fsp3) is 0.696. The lowest BCUT2D eigenvalue weighted by molar-refractivity contribution is -0.143. The van der Waals surface area contributed by atoms with Gasteiger partial charge in [0.1, 0.15) is 0 Å². The van der Waals surface area contributed by atoms with Crippen molar-refractivity contribution in [3.8, 4) is 0 Å². The predicted octanol–water partition coefficient (Wildman–Crippen LogP) is 5.80. The van der Waals surface area contributed by atoms with Crippen LogP contribution < -0.4 is 0 Å². The molecule has 1 aliphatic rings. The minimum absolute atomic E-state index is 0.0586. The smallest absolute Gasteiger partial charge is 0.306 e. The second-order valence-corrected chi connectivity index (χ2v) is 14.6. The number of fused-ring (bicyclic) bond motifs is 1. The molecule has 1 aromatic rings. The lowest BCUT2D eigenvalue weighted by Gasteiger charge is -2.42. The summed E-state index contributed by atoms with van der Waals surface area (Å²) in [6.45, 7) is 17.0. The Morgan fingerprint density at radius 2 is 1.96 bits per heavy atom. The highest BCUT2D eigenvalue weighted by Crippen LogP contribution is 2.42. The maximum absolute atomic E-state index is 11.7. The van der Waals surface area contributed by atoms with Gasteiger partial charge in [0.2, 0.25) is 0 Å². The van der Waals surface area contributed by atoms with E-state index in [1.807, 2.05) is 6.92 Å². The minimum atomic E-state index is -1.77. The Morgan fingerprint density at radius 1 is 1.26 bits per heavy atom. The second-order valence-electron chi connectivity index (χ2n) is 9.76. The molecule has 0 spiro atoms. The monoisotopic (exact) mass is 390 g/mol. The molecule has 4 heteroatoms. The number of carbonyl (C=O) groups is 1. The van der Waals surface area contributed by atoms with Crippen molar-refractivity contribution >= 4 is 14.3 Å². The van der Waals surface area contributed by atoms with Gasteiger partial charge in [-0.25, -0.2) is 0 Å². The molecule has 2 rings (SSSR count). The summed E-state index contributed by atoms with van der Waals surface area (Å²) in [4.78, 5) is 11.7. The molecule has 1 aromatic carbocycles. The molecule has 0 N–H and O–H groups in total. The molecule has 1 atom stereocenters. The molecule has 0 amide bonds. The lowest BCUT2D eigenvalue weighted by atomic mass is 9.71. The lowest BCUT2D eigenvalue weighted by Crippen LogP contribution is -2.45. The van der Waals surface area contributed by atoms with E-state index in [9.17, 15) is 4.79 Å². The molecule has 0 saturated heterocycles. The van der Waals surface area contributed by atoms with Gasteiger partial charge < -0.3 is 9.16 Å². The van der Waals surface area contributed by atoms with E-state index in [1.54, 1.807) is 0 Å². The van der Waals surface area contributed by atoms with Crippen molar-refractivity contribution < 1.29 is 14.0 Å². The second kappa shape index (κ2) is 8.48. The van der Waals surface area contributed by atoms with Crippen molar-refractivity contribution in [2.24, 2.45) is 0 Å². The number of hydrogen-bond donors (Lipinski definition) is 0. The molecule has 0 radical (unpaired) electrons. The van der Waals surface area contributed by atoms with E-state index in [1.165, 1.54) is 23.1 Å². The topological polar surface area (TPSA) is 35.5 Å². The summed E-state index contributed by atoms with van der Waals surface area (Å²) < 4.78 is 11.7. The van der Waals surface area contributed by atoms with Gasteiger partial charge in [0.25, 0.3) is 0 Å². The van der Waals surface area contributed by atoms with Crippen LogP contribution in [-0.2, 0) is 32.2 Å². The summed E-state index contributed by atoms with van der Waals surface area (Å²) in [6.07, 6.45) is 4.71. The minimum Gasteiger partial charge on any atom is -0.466 e. The molecular formula is C23H38O3Si. The molecule has 152 valence electrons. The summed E-state index contributed by atoms with van der Waals surface area (Å²) in [7, 11) is -1.77. The molecule has 0 fully saturated rings. The van der Waals surface area contributed by atoms with Crippen LogP contribution in [0.15, 0.2) is 18.2 Å². The first-order valence-electron chi connectivity index (χ1n) is 10.4. The van der Waals surface area contributed by atoms with E-state index in [0.29, 0.717) is 13.0 Å². The number of rotatable bonds is 7. The van der Waals surface area contributed by atoms with Gasteiger partial charge in [-0.3, -0.25) is 4.79 Å². The van der Waals surface area contributed by atoms with Crippen LogP contribution >= 0.6 is 0 Å². The van der Waals surface area contributed by atoms with Crippen molar-refractivity contribution in [1.29, 1.82) is 0 Å². The maximum Gasteiger partial charge on any atom is 0.306 e. The summed E-state index contributed by atoms with van der Waals surface area (Å²) in [6, 6.07) is 6.76. The number of benzene rings is 1. The maximum atomic E-state index is 11.7. The van der Waals surface area contributed by atoms with Crippen LogP contribution in [-0.4, -0.2) is 27.5 Å². The van der Waals surface area contributed by atoms with Crippen molar-refractivity contribution in [1.82, 2.24) is 0 Å². The average molecular weight is 391 g/mol. The Bertz CT molecular complexity index is 660. The van der Waals surface area contributed by atoms with E-state index in [-0.39, 0.29) is 16.4 Å². The Balaban J connectivity index is 2.17. The highest BCUT2D eigenvalue weighted by Gasteiger charge is 2.40. The van der Waals surface area contributed by atoms with Crippen LogP contribution in [0, 0.1) is 0 Å². The van der Waals surface area contributed by atoms with Crippen LogP contribution in [0.5, 0.6) is 0 Å². The van der Waals surface area contributed by atoms with E-state index in [0.717, 1.165) is 25.9 Å². The van der Waals surface area contributed by atoms with E-state index in [2.05, 4.69) is 59.0 Å². The number of hydrogen-bond acceptors (Lipinski definition) is 3. The fourth-order valence-corrected chi connectivity index (χ4v) is 4.66. The quantitative estimate of drug-likeness (QED) is 0.436. The standard InChI is InChI=1S/C23H38O3Si/c1-8-25-21(24)14-12-18-11-13-19-10-9-15-23(5,20(19)16-18)17-26-27(6,7)22(2,3)4/h11,13,16H,8-10,12,14-15,17H2,1-7H3. The van der Waals surface area contributed by atoms with E-state index in [4.69, 9.17) is 9.16 Å². The van der Waals surface area contributed by atoms with Gasteiger partial charge in [-0.05, 0) is 67.4 Å². The third-order valence-electron chi connectivity index (χ3n) is 6.48. The Labute approximate surface area is 167 Å². The zero-order valence-electron chi connectivity index (χ0n) is 18.4. The largest absolute Gasteiger partial charge is 0.466 e. The molecular weight excluding hydrogens is 352 g/mol. The van der Waals surface area contributed by atoms with Crippen LogP contribution in [0.2, 0.25) is 18.1 Å². The zero-order chi connectivity index (χ0) is 20.3. The molecule has 3 nitrogen and oxygen atoms in total. The summed E-state index contributed by atoms with van der Waals surface area (Å²) >= 11 is 0. The van der Waals surface area contributed by atoms with Crippen LogP contribution in [0.1, 0.15) is 70.6 Å². The normalized spacial score (nSPS) is 20.3. The van der Waals surface area contributed by atoms with Gasteiger partial charge in [0.15, 0.2) is 8.32 Å². The Hall–Kier alpha value is -1.13. The van der Waals surface area contributed by atoms with E-state index < -0.39 is 8.32 Å². The number of ether oxygens (including phenoxy) is 1. The first-order valence-corrected chi connectivity index (χ1v) is 13.3. The molecule has 0 bridgehead atoms. The van der Waals surface area contributed by atoms with Crippen LogP contribution in [0.3, 0.4) is 0 Å². The van der Waals surface area contributed by atoms with Gasteiger partial charge in [-0.15, -0.1) is 0 Å². The number of carbonyl (C=O) groups excluding carboxylic acids is 1. The van der Waals surface area contributed by atoms with Gasteiger partial charge in [-0.1, -0.05) is 45.9 Å². The Kier molecular flexibility index (Phi) is 6.96. The molecule has 0 aromatic heterocycles.